The molecule has 0 bridgehead atoms. The molecule has 2 aromatic carbocycles. The Kier molecular flexibility index (Phi) is 6.70. The third kappa shape index (κ3) is 5.98. The largest absolute Gasteiger partial charge is 0.482 e. The summed E-state index contributed by atoms with van der Waals surface area (Å²) >= 11 is 1.29. The van der Waals surface area contributed by atoms with Crippen molar-refractivity contribution in [3.8, 4) is 17.0 Å². The lowest BCUT2D eigenvalue weighted by Crippen LogP contribution is -2.23. The average molecular weight is 410 g/mol. The van der Waals surface area contributed by atoms with Gasteiger partial charge in [0.25, 0.3) is 5.91 Å². The maximum Gasteiger partial charge on any atom is 0.344 e. The quantitative estimate of drug-likeness (QED) is 0.451. The van der Waals surface area contributed by atoms with Gasteiger partial charge in [-0.05, 0) is 31.2 Å². The molecule has 1 aromatic heterocycles. The van der Waals surface area contributed by atoms with Crippen LogP contribution in [0.5, 0.6) is 5.75 Å². The molecule has 0 aliphatic rings. The Morgan fingerprint density at radius 1 is 1.07 bits per heavy atom. The lowest BCUT2D eigenvalue weighted by Gasteiger charge is -2.07. The van der Waals surface area contributed by atoms with Crippen LogP contribution in [0.2, 0.25) is 0 Å². The van der Waals surface area contributed by atoms with Crippen LogP contribution < -0.4 is 10.1 Å². The number of hydrogen-bond acceptors (Lipinski definition) is 7. The Bertz CT molecular complexity index is 997. The molecule has 0 spiro atoms. The fourth-order valence-electron chi connectivity index (χ4n) is 2.32. The van der Waals surface area contributed by atoms with Gasteiger partial charge in [-0.15, -0.1) is 11.3 Å². The summed E-state index contributed by atoms with van der Waals surface area (Å²) in [7, 11) is 0. The highest BCUT2D eigenvalue weighted by Gasteiger charge is 2.11. The van der Waals surface area contributed by atoms with E-state index in [0.717, 1.165) is 16.8 Å². The molecule has 0 radical (unpaired) electrons. The first-order valence-electron chi connectivity index (χ1n) is 8.69. The van der Waals surface area contributed by atoms with E-state index < -0.39 is 18.5 Å². The molecule has 0 saturated heterocycles. The highest BCUT2D eigenvalue weighted by atomic mass is 32.1. The van der Waals surface area contributed by atoms with Crippen LogP contribution >= 0.6 is 11.3 Å². The number of rotatable bonds is 8. The summed E-state index contributed by atoms with van der Waals surface area (Å²) in [5, 5.41) is 4.87. The van der Waals surface area contributed by atoms with Gasteiger partial charge in [-0.3, -0.25) is 14.9 Å². The third-order valence-electron chi connectivity index (χ3n) is 3.83. The van der Waals surface area contributed by atoms with E-state index in [4.69, 9.17) is 9.47 Å². The molecule has 0 unspecified atom stereocenters. The monoisotopic (exact) mass is 410 g/mol. The van der Waals surface area contributed by atoms with Gasteiger partial charge in [0.15, 0.2) is 18.3 Å². The first kappa shape index (κ1) is 20.2. The van der Waals surface area contributed by atoms with Crippen LogP contribution in [0, 0.1) is 6.92 Å². The van der Waals surface area contributed by atoms with Gasteiger partial charge in [-0.2, -0.15) is 0 Å². The second kappa shape index (κ2) is 9.61. The number of ether oxygens (including phenoxy) is 2. The summed E-state index contributed by atoms with van der Waals surface area (Å²) in [6.45, 7) is 1.22. The van der Waals surface area contributed by atoms with Crippen molar-refractivity contribution in [1.82, 2.24) is 4.98 Å². The maximum absolute atomic E-state index is 12.0. The van der Waals surface area contributed by atoms with E-state index >= 15 is 0 Å². The number of benzene rings is 2. The van der Waals surface area contributed by atoms with Crippen molar-refractivity contribution in [2.45, 2.75) is 6.92 Å². The van der Waals surface area contributed by atoms with E-state index in [9.17, 15) is 14.4 Å². The molecule has 0 aliphatic heterocycles. The highest BCUT2D eigenvalue weighted by molar-refractivity contribution is 7.14. The first-order valence-corrected chi connectivity index (χ1v) is 9.57. The van der Waals surface area contributed by atoms with Crippen molar-refractivity contribution in [2.24, 2.45) is 0 Å². The van der Waals surface area contributed by atoms with Crippen LogP contribution in [0.25, 0.3) is 11.3 Å². The van der Waals surface area contributed by atoms with Gasteiger partial charge in [-0.1, -0.05) is 29.8 Å². The van der Waals surface area contributed by atoms with Crippen LogP contribution in [0.15, 0.2) is 53.9 Å². The minimum atomic E-state index is -0.681. The molecule has 8 heteroatoms. The Hall–Kier alpha value is -3.52. The zero-order chi connectivity index (χ0) is 20.6. The van der Waals surface area contributed by atoms with Gasteiger partial charge in [0.2, 0.25) is 0 Å². The minimum absolute atomic E-state index is 0.345. The van der Waals surface area contributed by atoms with E-state index in [0.29, 0.717) is 22.7 Å². The van der Waals surface area contributed by atoms with Crippen LogP contribution in [-0.4, -0.2) is 36.4 Å². The zero-order valence-corrected chi connectivity index (χ0v) is 16.4. The van der Waals surface area contributed by atoms with Gasteiger partial charge in [-0.25, -0.2) is 9.78 Å². The Balaban J connectivity index is 1.42. The van der Waals surface area contributed by atoms with Crippen molar-refractivity contribution in [2.75, 3.05) is 18.5 Å². The topological polar surface area (TPSA) is 94.6 Å². The van der Waals surface area contributed by atoms with Crippen LogP contribution in [-0.2, 0) is 14.3 Å². The summed E-state index contributed by atoms with van der Waals surface area (Å²) < 4.78 is 10.1. The number of nitrogens with zero attached hydrogens (tertiary/aromatic N) is 1. The number of aldehydes is 1. The maximum atomic E-state index is 12.0. The number of carbonyl (C=O) groups is 3. The van der Waals surface area contributed by atoms with Crippen molar-refractivity contribution in [1.29, 1.82) is 0 Å². The van der Waals surface area contributed by atoms with Crippen LogP contribution in [0.1, 0.15) is 15.9 Å². The standard InChI is InChI=1S/C21H18N2O5S/c1-14-2-6-16(7-3-14)18-13-29-21(22-18)23-19(25)11-28-20(26)12-27-17-8-4-15(10-24)5-9-17/h2-10,13H,11-12H2,1H3,(H,22,23,25). The molecule has 3 rings (SSSR count). The Morgan fingerprint density at radius 3 is 2.48 bits per heavy atom. The van der Waals surface area contributed by atoms with Gasteiger partial charge in [0, 0.05) is 16.5 Å². The van der Waals surface area contributed by atoms with Crippen LogP contribution in [0.4, 0.5) is 5.13 Å². The van der Waals surface area contributed by atoms with Gasteiger partial charge in [0.1, 0.15) is 12.0 Å². The summed E-state index contributed by atoms with van der Waals surface area (Å²) in [5.74, 6) is -0.749. The molecular formula is C21H18N2O5S. The summed E-state index contributed by atoms with van der Waals surface area (Å²) in [5.41, 5.74) is 3.37. The summed E-state index contributed by atoms with van der Waals surface area (Å²) in [6, 6.07) is 14.2. The van der Waals surface area contributed by atoms with Gasteiger partial charge >= 0.3 is 5.97 Å². The smallest absolute Gasteiger partial charge is 0.344 e. The average Bonchev–Trinajstić information content (AvgIpc) is 3.20. The molecule has 1 N–H and O–H groups in total. The molecule has 0 fully saturated rings. The van der Waals surface area contributed by atoms with E-state index in [2.05, 4.69) is 10.3 Å². The first-order chi connectivity index (χ1) is 14.0. The van der Waals surface area contributed by atoms with Crippen molar-refractivity contribution < 1.29 is 23.9 Å². The van der Waals surface area contributed by atoms with E-state index in [1.807, 2.05) is 36.6 Å². The highest BCUT2D eigenvalue weighted by Crippen LogP contribution is 2.25. The number of nitrogens with one attached hydrogen (secondary N) is 1. The predicted octanol–water partition coefficient (Wildman–Crippen LogP) is 3.49. The lowest BCUT2D eigenvalue weighted by atomic mass is 10.1. The summed E-state index contributed by atoms with van der Waals surface area (Å²) in [4.78, 5) is 38.6. The molecule has 1 amide bonds. The van der Waals surface area contributed by atoms with Crippen LogP contribution in [0.3, 0.4) is 0 Å². The van der Waals surface area contributed by atoms with Crippen molar-refractivity contribution in [3.05, 3.63) is 65.0 Å². The van der Waals surface area contributed by atoms with Crippen molar-refractivity contribution in [3.63, 3.8) is 0 Å². The normalized spacial score (nSPS) is 10.2. The molecule has 3 aromatic rings. The van der Waals surface area contributed by atoms with E-state index in [-0.39, 0.29) is 6.61 Å². The fourth-order valence-corrected chi connectivity index (χ4v) is 3.05. The molecular weight excluding hydrogens is 392 g/mol. The molecule has 0 atom stereocenters. The number of esters is 1. The van der Waals surface area contributed by atoms with Gasteiger partial charge < -0.3 is 9.47 Å². The van der Waals surface area contributed by atoms with E-state index in [1.54, 1.807) is 24.3 Å². The Labute approximate surface area is 171 Å². The molecule has 1 heterocycles. The predicted molar refractivity (Wildman–Crippen MR) is 109 cm³/mol. The number of carbonyl (C=O) groups excluding carboxylic acids is 3. The number of aryl methyl sites for hydroxylation is 1. The SMILES string of the molecule is Cc1ccc(-c2csc(NC(=O)COC(=O)COc3ccc(C=O)cc3)n2)cc1. The molecule has 29 heavy (non-hydrogen) atoms. The second-order valence-electron chi connectivity index (χ2n) is 6.09. The van der Waals surface area contributed by atoms with Gasteiger partial charge in [0.05, 0.1) is 5.69 Å². The summed E-state index contributed by atoms with van der Waals surface area (Å²) in [6.07, 6.45) is 0.711. The molecule has 0 aliphatic carbocycles. The number of aromatic nitrogens is 1. The fraction of sp³-hybridized carbons (Fsp3) is 0.143. The number of thiazole rings is 1. The molecule has 148 valence electrons. The number of amides is 1. The third-order valence-corrected chi connectivity index (χ3v) is 4.59. The molecule has 0 saturated carbocycles. The zero-order valence-electron chi connectivity index (χ0n) is 15.6. The second-order valence-corrected chi connectivity index (χ2v) is 6.95. The Morgan fingerprint density at radius 2 is 1.79 bits per heavy atom. The number of anilines is 1. The lowest BCUT2D eigenvalue weighted by molar-refractivity contribution is -0.149. The molecule has 7 nitrogen and oxygen atoms in total. The van der Waals surface area contributed by atoms with Crippen molar-refractivity contribution >= 4 is 34.6 Å². The minimum Gasteiger partial charge on any atom is -0.482 e. The van der Waals surface area contributed by atoms with E-state index in [1.165, 1.54) is 11.3 Å². The number of hydrogen-bond donors (Lipinski definition) is 1.